The highest BCUT2D eigenvalue weighted by molar-refractivity contribution is 14.1. The quantitative estimate of drug-likeness (QED) is 0.243. The van der Waals surface area contributed by atoms with E-state index in [4.69, 9.17) is 4.74 Å². The van der Waals surface area contributed by atoms with Crippen LogP contribution in [-0.4, -0.2) is 29.9 Å². The van der Waals surface area contributed by atoms with E-state index < -0.39 is 48.1 Å². The number of halogens is 7. The summed E-state index contributed by atoms with van der Waals surface area (Å²) in [6.07, 6.45) is -13.0. The van der Waals surface area contributed by atoms with Gasteiger partial charge in [0.05, 0.1) is 11.8 Å². The Kier molecular flexibility index (Phi) is 8.26. The summed E-state index contributed by atoms with van der Waals surface area (Å²) < 4.78 is 89.2. The second kappa shape index (κ2) is 9.95. The zero-order valence-corrected chi connectivity index (χ0v) is 18.6. The Balaban J connectivity index is 1.93. The monoisotopic (exact) mass is 566 g/mol. The van der Waals surface area contributed by atoms with Crippen molar-refractivity contribution in [3.63, 3.8) is 0 Å². The van der Waals surface area contributed by atoms with Crippen molar-refractivity contribution in [2.24, 2.45) is 11.8 Å². The van der Waals surface area contributed by atoms with E-state index in [-0.39, 0.29) is 32.3 Å². The first-order valence-electron chi connectivity index (χ1n) is 9.58. The molecule has 0 N–H and O–H groups in total. The lowest BCUT2D eigenvalue weighted by atomic mass is 9.82. The van der Waals surface area contributed by atoms with Gasteiger partial charge in [-0.25, -0.2) is 0 Å². The highest BCUT2D eigenvalue weighted by Gasteiger charge is 2.73. The highest BCUT2D eigenvalue weighted by atomic mass is 127. The van der Waals surface area contributed by atoms with Gasteiger partial charge in [-0.3, -0.25) is 9.59 Å². The molecule has 31 heavy (non-hydrogen) atoms. The number of benzene rings is 1. The van der Waals surface area contributed by atoms with Gasteiger partial charge < -0.3 is 9.47 Å². The Morgan fingerprint density at radius 3 is 1.77 bits per heavy atom. The van der Waals surface area contributed by atoms with Crippen LogP contribution in [0.1, 0.15) is 44.6 Å². The predicted molar refractivity (Wildman–Crippen MR) is 106 cm³/mol. The van der Waals surface area contributed by atoms with Gasteiger partial charge >= 0.3 is 29.9 Å². The third-order valence-corrected chi connectivity index (χ3v) is 6.10. The molecule has 0 heterocycles. The summed E-state index contributed by atoms with van der Waals surface area (Å²) in [4.78, 5) is 24.4. The molecular weight excluding hydrogens is 545 g/mol. The number of esters is 2. The molecule has 0 unspecified atom stereocenters. The van der Waals surface area contributed by atoms with Crippen molar-refractivity contribution in [3.8, 4) is 0 Å². The lowest BCUT2D eigenvalue weighted by Crippen LogP contribution is -2.59. The zero-order valence-electron chi connectivity index (χ0n) is 16.5. The summed E-state index contributed by atoms with van der Waals surface area (Å²) in [6.45, 7) is 0.711. The number of rotatable bonds is 6. The number of carbonyl (C=O) groups is 2. The molecule has 2 rings (SSSR count). The van der Waals surface area contributed by atoms with Gasteiger partial charge in [-0.1, -0.05) is 19.1 Å². The Morgan fingerprint density at radius 2 is 1.35 bits per heavy atom. The second-order valence-electron chi connectivity index (χ2n) is 7.38. The standard InChI is InChI=1S/C20H21F6IO4/c1-2-18(19(21,22)23,20(24,25)26)31-17(29)14-7-5-13(6-8-14)16(28)30-11-12-3-9-15(27)10-4-12/h3-4,9-10,13-14H,2,5-8,11H2,1H3. The molecule has 1 saturated carbocycles. The van der Waals surface area contributed by atoms with Gasteiger partial charge in [0.2, 0.25) is 0 Å². The fraction of sp³-hybridized carbons (Fsp3) is 0.600. The van der Waals surface area contributed by atoms with E-state index in [0.29, 0.717) is 6.92 Å². The van der Waals surface area contributed by atoms with Crippen LogP contribution in [0.15, 0.2) is 24.3 Å². The van der Waals surface area contributed by atoms with Crippen LogP contribution >= 0.6 is 22.6 Å². The van der Waals surface area contributed by atoms with E-state index in [1.807, 2.05) is 12.1 Å². The van der Waals surface area contributed by atoms with Crippen molar-refractivity contribution in [1.82, 2.24) is 0 Å². The van der Waals surface area contributed by atoms with E-state index >= 15 is 0 Å². The summed E-state index contributed by atoms with van der Waals surface area (Å²) >= 11 is 2.13. The molecule has 0 radical (unpaired) electrons. The van der Waals surface area contributed by atoms with Crippen LogP contribution in [0.5, 0.6) is 0 Å². The second-order valence-corrected chi connectivity index (χ2v) is 8.63. The highest BCUT2D eigenvalue weighted by Crippen LogP contribution is 2.49. The topological polar surface area (TPSA) is 52.6 Å². The molecule has 1 aliphatic rings. The van der Waals surface area contributed by atoms with Gasteiger partial charge in [0.25, 0.3) is 0 Å². The molecule has 0 amide bonds. The van der Waals surface area contributed by atoms with Gasteiger partial charge in [0.15, 0.2) is 0 Å². The Bertz CT molecular complexity index is 753. The van der Waals surface area contributed by atoms with Crippen LogP contribution in [0.25, 0.3) is 0 Å². The maximum Gasteiger partial charge on any atom is 0.437 e. The first-order valence-corrected chi connectivity index (χ1v) is 10.7. The first-order chi connectivity index (χ1) is 14.3. The molecule has 1 aliphatic carbocycles. The molecule has 0 aromatic heterocycles. The molecule has 1 aromatic rings. The number of hydrogen-bond acceptors (Lipinski definition) is 4. The van der Waals surface area contributed by atoms with E-state index in [9.17, 15) is 35.9 Å². The third kappa shape index (κ3) is 6.04. The maximum atomic E-state index is 13.2. The Morgan fingerprint density at radius 1 is 0.903 bits per heavy atom. The summed E-state index contributed by atoms with van der Waals surface area (Å²) in [5, 5.41) is 0. The predicted octanol–water partition coefficient (Wildman–Crippen LogP) is 5.96. The number of hydrogen-bond donors (Lipinski definition) is 0. The fourth-order valence-electron chi connectivity index (χ4n) is 3.42. The smallest absolute Gasteiger partial charge is 0.437 e. The van der Waals surface area contributed by atoms with Gasteiger partial charge in [-0.15, -0.1) is 0 Å². The Labute approximate surface area is 188 Å². The summed E-state index contributed by atoms with van der Waals surface area (Å²) in [6, 6.07) is 7.28. The fourth-order valence-corrected chi connectivity index (χ4v) is 3.78. The SMILES string of the molecule is CCC(OC(=O)C1CCC(C(=O)OCc2ccc(I)cc2)CC1)(C(F)(F)F)C(F)(F)F. The maximum absolute atomic E-state index is 13.2. The molecule has 0 saturated heterocycles. The van der Waals surface area contributed by atoms with Crippen molar-refractivity contribution in [2.75, 3.05) is 0 Å². The minimum atomic E-state index is -5.80. The molecule has 0 bridgehead atoms. The first kappa shape index (κ1) is 25.7. The molecule has 174 valence electrons. The molecule has 1 fully saturated rings. The average Bonchev–Trinajstić information content (AvgIpc) is 2.69. The summed E-state index contributed by atoms with van der Waals surface area (Å²) in [5.74, 6) is -3.79. The minimum absolute atomic E-state index is 0.0495. The van der Waals surface area contributed by atoms with Crippen molar-refractivity contribution >= 4 is 34.5 Å². The largest absolute Gasteiger partial charge is 0.461 e. The summed E-state index contributed by atoms with van der Waals surface area (Å²) in [5.41, 5.74) is -3.76. The average molecular weight is 566 g/mol. The lowest BCUT2D eigenvalue weighted by molar-refractivity contribution is -0.371. The lowest BCUT2D eigenvalue weighted by Gasteiger charge is -2.37. The van der Waals surface area contributed by atoms with Crippen LogP contribution in [0.2, 0.25) is 0 Å². The van der Waals surface area contributed by atoms with Crippen LogP contribution in [0, 0.1) is 15.4 Å². The third-order valence-electron chi connectivity index (χ3n) is 5.38. The number of alkyl halides is 6. The van der Waals surface area contributed by atoms with Crippen LogP contribution < -0.4 is 0 Å². The van der Waals surface area contributed by atoms with E-state index in [2.05, 4.69) is 27.3 Å². The van der Waals surface area contributed by atoms with Crippen LogP contribution in [-0.2, 0) is 25.7 Å². The molecular formula is C20H21F6IO4. The van der Waals surface area contributed by atoms with Gasteiger partial charge in [0.1, 0.15) is 6.61 Å². The minimum Gasteiger partial charge on any atom is -0.461 e. The Hall–Kier alpha value is -1.53. The van der Waals surface area contributed by atoms with Gasteiger partial charge in [0, 0.05) is 9.99 Å². The molecule has 4 nitrogen and oxygen atoms in total. The van der Waals surface area contributed by atoms with Crippen molar-refractivity contribution < 1.29 is 45.4 Å². The summed E-state index contributed by atoms with van der Waals surface area (Å²) in [7, 11) is 0. The van der Waals surface area contributed by atoms with Crippen LogP contribution in [0.3, 0.4) is 0 Å². The van der Waals surface area contributed by atoms with E-state index in [0.717, 1.165) is 9.13 Å². The zero-order chi connectivity index (χ0) is 23.4. The molecule has 0 atom stereocenters. The molecule has 1 aromatic carbocycles. The van der Waals surface area contributed by atoms with Crippen molar-refractivity contribution in [2.45, 2.75) is 63.6 Å². The normalized spacial score (nSPS) is 20.3. The van der Waals surface area contributed by atoms with Crippen LogP contribution in [0.4, 0.5) is 26.3 Å². The van der Waals surface area contributed by atoms with Crippen molar-refractivity contribution in [3.05, 3.63) is 33.4 Å². The van der Waals surface area contributed by atoms with E-state index in [1.165, 1.54) is 0 Å². The molecule has 0 aliphatic heterocycles. The molecule has 11 heteroatoms. The van der Waals surface area contributed by atoms with Gasteiger partial charge in [-0.05, 0) is 66.0 Å². The number of ether oxygens (including phenoxy) is 2. The molecule has 0 spiro atoms. The van der Waals surface area contributed by atoms with Gasteiger partial charge in [-0.2, -0.15) is 26.3 Å². The van der Waals surface area contributed by atoms with Crippen molar-refractivity contribution in [1.29, 1.82) is 0 Å². The number of carbonyl (C=O) groups excluding carboxylic acids is 2. The van der Waals surface area contributed by atoms with E-state index in [1.54, 1.807) is 12.1 Å².